The van der Waals surface area contributed by atoms with E-state index in [0.29, 0.717) is 11.4 Å². The summed E-state index contributed by atoms with van der Waals surface area (Å²) in [6, 6.07) is 1.74. The molecule has 5 nitrogen and oxygen atoms in total. The van der Waals surface area contributed by atoms with E-state index in [1.807, 2.05) is 0 Å². The van der Waals surface area contributed by atoms with Crippen molar-refractivity contribution in [3.8, 4) is 11.4 Å². The molecule has 0 unspecified atom stereocenters. The molecule has 2 rings (SSSR count). The fourth-order valence-corrected chi connectivity index (χ4v) is 0.760. The maximum Gasteiger partial charge on any atom is 0.163 e. The molecule has 0 aliphatic heterocycles. The van der Waals surface area contributed by atoms with Gasteiger partial charge in [0.1, 0.15) is 6.20 Å². The Kier molecular flexibility index (Phi) is 1.69. The Labute approximate surface area is 68.5 Å². The lowest BCUT2D eigenvalue weighted by Gasteiger charge is -1.93. The Morgan fingerprint density at radius 3 is 2.67 bits per heavy atom. The summed E-state index contributed by atoms with van der Waals surface area (Å²) in [6.07, 6.45) is 7.45. The van der Waals surface area contributed by atoms with Crippen LogP contribution >= 0.6 is 0 Å². The van der Waals surface area contributed by atoms with Crippen LogP contribution in [0.5, 0.6) is 0 Å². The number of hydrogen-bond acceptors (Lipinski definition) is 5. The molecule has 2 aromatic rings. The second-order valence-electron chi connectivity index (χ2n) is 2.03. The average Bonchev–Trinajstić information content (AvgIpc) is 2.21. The van der Waals surface area contributed by atoms with Gasteiger partial charge < -0.3 is 0 Å². The molecule has 12 heavy (non-hydrogen) atoms. The summed E-state index contributed by atoms with van der Waals surface area (Å²) in [5.41, 5.74) is 0.644. The SMILES string of the molecule is [c]1nnncc1-c1ncccn1. The van der Waals surface area contributed by atoms with Crippen LogP contribution < -0.4 is 0 Å². The van der Waals surface area contributed by atoms with Crippen LogP contribution in [0.2, 0.25) is 0 Å². The molecule has 0 spiro atoms. The summed E-state index contributed by atoms with van der Waals surface area (Å²) in [6.45, 7) is 0. The van der Waals surface area contributed by atoms with E-state index in [4.69, 9.17) is 0 Å². The Morgan fingerprint density at radius 1 is 1.17 bits per heavy atom. The zero-order valence-electron chi connectivity index (χ0n) is 6.05. The lowest BCUT2D eigenvalue weighted by atomic mass is 10.3. The van der Waals surface area contributed by atoms with Gasteiger partial charge in [-0.1, -0.05) is 0 Å². The lowest BCUT2D eigenvalue weighted by Crippen LogP contribution is -1.91. The molecular weight excluding hydrogens is 154 g/mol. The first kappa shape index (κ1) is 6.78. The maximum atomic E-state index is 4.00. The average molecular weight is 158 g/mol. The monoisotopic (exact) mass is 158 g/mol. The Morgan fingerprint density at radius 2 is 2.00 bits per heavy atom. The van der Waals surface area contributed by atoms with Crippen LogP contribution in [0.3, 0.4) is 0 Å². The quantitative estimate of drug-likeness (QED) is 0.590. The molecule has 2 heterocycles. The third-order valence-electron chi connectivity index (χ3n) is 1.26. The van der Waals surface area contributed by atoms with Crippen molar-refractivity contribution in [2.45, 2.75) is 0 Å². The standard InChI is InChI=1S/C7H4N5/c1-2-8-7(9-3-1)6-4-10-12-11-5-6/h1-4H. The van der Waals surface area contributed by atoms with Crippen LogP contribution in [0.25, 0.3) is 11.4 Å². The molecule has 0 N–H and O–H groups in total. The smallest absolute Gasteiger partial charge is 0.163 e. The van der Waals surface area contributed by atoms with Gasteiger partial charge in [0.25, 0.3) is 0 Å². The van der Waals surface area contributed by atoms with Crippen molar-refractivity contribution in [2.75, 3.05) is 0 Å². The van der Waals surface area contributed by atoms with Gasteiger partial charge in [0.2, 0.25) is 0 Å². The summed E-state index contributed by atoms with van der Waals surface area (Å²) < 4.78 is 0. The summed E-state index contributed by atoms with van der Waals surface area (Å²) in [7, 11) is 0. The summed E-state index contributed by atoms with van der Waals surface area (Å²) in [4.78, 5) is 8.00. The number of aromatic nitrogens is 5. The molecule has 57 valence electrons. The van der Waals surface area contributed by atoms with E-state index in [9.17, 15) is 0 Å². The van der Waals surface area contributed by atoms with Gasteiger partial charge in [-0.05, 0) is 11.3 Å². The van der Waals surface area contributed by atoms with Crippen molar-refractivity contribution >= 4 is 0 Å². The molecule has 0 amide bonds. The topological polar surface area (TPSA) is 64.5 Å². The highest BCUT2D eigenvalue weighted by Crippen LogP contribution is 2.07. The van der Waals surface area contributed by atoms with E-state index >= 15 is 0 Å². The molecule has 0 saturated carbocycles. The van der Waals surface area contributed by atoms with Gasteiger partial charge in [-0.15, -0.1) is 10.2 Å². The van der Waals surface area contributed by atoms with E-state index < -0.39 is 0 Å². The number of nitrogens with zero attached hydrogens (tertiary/aromatic N) is 5. The van der Waals surface area contributed by atoms with Crippen molar-refractivity contribution in [3.05, 3.63) is 30.9 Å². The Balaban J connectivity index is 2.46. The van der Waals surface area contributed by atoms with Crippen LogP contribution in [-0.2, 0) is 0 Å². The van der Waals surface area contributed by atoms with Crippen molar-refractivity contribution in [1.82, 2.24) is 25.4 Å². The molecule has 0 atom stereocenters. The third kappa shape index (κ3) is 1.24. The number of hydrogen-bond donors (Lipinski definition) is 0. The van der Waals surface area contributed by atoms with Gasteiger partial charge in [0.05, 0.1) is 11.8 Å². The lowest BCUT2D eigenvalue weighted by molar-refractivity contribution is 0.859. The number of rotatable bonds is 1. The maximum absolute atomic E-state index is 4.00. The highest BCUT2D eigenvalue weighted by Gasteiger charge is 1.98. The molecule has 0 aliphatic rings. The van der Waals surface area contributed by atoms with E-state index in [1.54, 1.807) is 18.5 Å². The normalized spacial score (nSPS) is 9.67. The van der Waals surface area contributed by atoms with Gasteiger partial charge in [-0.2, -0.15) is 0 Å². The minimum absolute atomic E-state index is 0.555. The predicted molar refractivity (Wildman–Crippen MR) is 39.7 cm³/mol. The molecule has 0 saturated heterocycles. The first-order valence-corrected chi connectivity index (χ1v) is 3.30. The molecule has 2 aromatic heterocycles. The van der Waals surface area contributed by atoms with Gasteiger partial charge in [-0.3, -0.25) is 0 Å². The fourth-order valence-electron chi connectivity index (χ4n) is 0.760. The molecule has 0 fully saturated rings. The molecule has 0 aliphatic carbocycles. The largest absolute Gasteiger partial charge is 0.236 e. The molecule has 0 bridgehead atoms. The molecule has 5 heteroatoms. The van der Waals surface area contributed by atoms with Crippen LogP contribution in [0.1, 0.15) is 0 Å². The summed E-state index contributed by atoms with van der Waals surface area (Å²) >= 11 is 0. The Bertz CT molecular complexity index is 309. The van der Waals surface area contributed by atoms with Crippen molar-refractivity contribution in [1.29, 1.82) is 0 Å². The van der Waals surface area contributed by atoms with Gasteiger partial charge in [0.15, 0.2) is 5.82 Å². The zero-order valence-corrected chi connectivity index (χ0v) is 6.05. The second-order valence-corrected chi connectivity index (χ2v) is 2.03. The van der Waals surface area contributed by atoms with Crippen molar-refractivity contribution in [2.24, 2.45) is 0 Å². The van der Waals surface area contributed by atoms with Gasteiger partial charge in [-0.25, -0.2) is 9.97 Å². The van der Waals surface area contributed by atoms with Crippen LogP contribution in [0, 0.1) is 6.20 Å². The Hall–Kier alpha value is -1.91. The van der Waals surface area contributed by atoms with Crippen LogP contribution in [-0.4, -0.2) is 25.4 Å². The molecule has 1 radical (unpaired) electrons. The van der Waals surface area contributed by atoms with E-state index in [-0.39, 0.29) is 0 Å². The zero-order chi connectivity index (χ0) is 8.23. The first-order valence-electron chi connectivity index (χ1n) is 3.30. The van der Waals surface area contributed by atoms with Gasteiger partial charge >= 0.3 is 0 Å². The minimum atomic E-state index is 0.555. The van der Waals surface area contributed by atoms with Crippen molar-refractivity contribution < 1.29 is 0 Å². The van der Waals surface area contributed by atoms with Crippen LogP contribution in [0.15, 0.2) is 24.7 Å². The highest BCUT2D eigenvalue weighted by atomic mass is 15.3. The summed E-state index contributed by atoms with van der Waals surface area (Å²) in [5, 5.41) is 10.4. The fraction of sp³-hybridized carbons (Fsp3) is 0. The van der Waals surface area contributed by atoms with E-state index in [2.05, 4.69) is 31.6 Å². The highest BCUT2D eigenvalue weighted by molar-refractivity contribution is 5.49. The first-order chi connectivity index (χ1) is 5.97. The third-order valence-corrected chi connectivity index (χ3v) is 1.26. The minimum Gasteiger partial charge on any atom is -0.236 e. The predicted octanol–water partition coefficient (Wildman–Crippen LogP) is 0.129. The molecule has 0 aromatic carbocycles. The summed E-state index contributed by atoms with van der Waals surface area (Å²) in [5.74, 6) is 0.555. The van der Waals surface area contributed by atoms with Gasteiger partial charge in [0, 0.05) is 12.4 Å². The van der Waals surface area contributed by atoms with Crippen molar-refractivity contribution in [3.63, 3.8) is 0 Å². The van der Waals surface area contributed by atoms with E-state index in [0.717, 1.165) is 0 Å². The van der Waals surface area contributed by atoms with E-state index in [1.165, 1.54) is 6.20 Å². The van der Waals surface area contributed by atoms with Crippen LogP contribution in [0.4, 0.5) is 0 Å². The molecular formula is C7H4N5. The second kappa shape index (κ2) is 3.00.